The number of thioether (sulfide) groups is 1. The van der Waals surface area contributed by atoms with E-state index in [1.54, 1.807) is 0 Å². The van der Waals surface area contributed by atoms with Crippen LogP contribution in [0.4, 0.5) is 0 Å². The molecule has 0 aromatic rings. The molecule has 0 aromatic heterocycles. The Bertz CT molecular complexity index is 199. The van der Waals surface area contributed by atoms with Gasteiger partial charge in [-0.15, -0.1) is 12.4 Å². The molecule has 1 unspecified atom stereocenters. The van der Waals surface area contributed by atoms with Crippen molar-refractivity contribution in [2.75, 3.05) is 24.6 Å². The molecule has 0 radical (unpaired) electrons. The zero-order valence-corrected chi connectivity index (χ0v) is 12.3. The lowest BCUT2D eigenvalue weighted by atomic mass is 10.1. The topological polar surface area (TPSA) is 41.1 Å². The van der Waals surface area contributed by atoms with Gasteiger partial charge in [-0.05, 0) is 31.6 Å². The lowest BCUT2D eigenvalue weighted by molar-refractivity contribution is -0.121. The lowest BCUT2D eigenvalue weighted by Crippen LogP contribution is -2.45. The molecule has 0 bridgehead atoms. The summed E-state index contributed by atoms with van der Waals surface area (Å²) in [6.07, 6.45) is 5.48. The highest BCUT2D eigenvalue weighted by atomic mass is 35.5. The van der Waals surface area contributed by atoms with Gasteiger partial charge in [-0.25, -0.2) is 0 Å². The maximum absolute atomic E-state index is 11.6. The van der Waals surface area contributed by atoms with Gasteiger partial charge in [-0.3, -0.25) is 4.79 Å². The van der Waals surface area contributed by atoms with Crippen molar-refractivity contribution in [1.29, 1.82) is 0 Å². The second-order valence-electron chi connectivity index (χ2n) is 4.33. The number of halogens is 1. The Hall–Kier alpha value is 0.0700. The van der Waals surface area contributed by atoms with E-state index in [9.17, 15) is 4.79 Å². The molecule has 0 aromatic carbocycles. The third-order valence-electron chi connectivity index (χ3n) is 2.78. The number of carbonyl (C=O) groups is 1. The van der Waals surface area contributed by atoms with E-state index in [2.05, 4.69) is 17.6 Å². The lowest BCUT2D eigenvalue weighted by Gasteiger charge is -2.23. The first-order valence-electron chi connectivity index (χ1n) is 6.40. The van der Waals surface area contributed by atoms with Gasteiger partial charge in [-0.1, -0.05) is 13.3 Å². The molecule has 1 heterocycles. The van der Waals surface area contributed by atoms with Crippen LogP contribution in [0.3, 0.4) is 0 Å². The number of carbonyl (C=O) groups excluding carboxylic acids is 1. The first-order valence-corrected chi connectivity index (χ1v) is 7.56. The van der Waals surface area contributed by atoms with Crippen LogP contribution in [-0.2, 0) is 4.79 Å². The Morgan fingerprint density at radius 2 is 2.29 bits per heavy atom. The average molecular weight is 281 g/mol. The van der Waals surface area contributed by atoms with Crippen LogP contribution in [0, 0.1) is 0 Å². The van der Waals surface area contributed by atoms with Gasteiger partial charge in [0.15, 0.2) is 0 Å². The highest BCUT2D eigenvalue weighted by Gasteiger charge is 2.14. The minimum Gasteiger partial charge on any atom is -0.352 e. The average Bonchev–Trinajstić information content (AvgIpc) is 2.30. The molecule has 0 spiro atoms. The zero-order chi connectivity index (χ0) is 11.6. The van der Waals surface area contributed by atoms with Gasteiger partial charge in [0.25, 0.3) is 0 Å². The van der Waals surface area contributed by atoms with Crippen LogP contribution >= 0.6 is 24.2 Å². The van der Waals surface area contributed by atoms with Crippen molar-refractivity contribution < 1.29 is 4.79 Å². The van der Waals surface area contributed by atoms with Crippen molar-refractivity contribution in [3.05, 3.63) is 0 Å². The molecule has 2 N–H and O–H groups in total. The summed E-state index contributed by atoms with van der Waals surface area (Å²) in [4.78, 5) is 11.6. The van der Waals surface area contributed by atoms with E-state index in [4.69, 9.17) is 0 Å². The summed E-state index contributed by atoms with van der Waals surface area (Å²) in [5.74, 6) is 2.37. The van der Waals surface area contributed by atoms with E-state index in [1.165, 1.54) is 25.0 Å². The first-order chi connectivity index (χ1) is 7.83. The summed E-state index contributed by atoms with van der Waals surface area (Å²) in [7, 11) is 0. The monoisotopic (exact) mass is 280 g/mol. The number of rotatable bonds is 7. The van der Waals surface area contributed by atoms with Gasteiger partial charge in [-0.2, -0.15) is 11.8 Å². The van der Waals surface area contributed by atoms with Crippen molar-refractivity contribution in [1.82, 2.24) is 10.6 Å². The standard InChI is InChI=1S/C12H24N2OS.ClH/c1-2-3-8-16-9-6-12(15)14-11-5-4-7-13-10-11;/h11,13H,2-10H2,1H3,(H,14,15);1H. The van der Waals surface area contributed by atoms with Gasteiger partial charge in [0, 0.05) is 24.8 Å². The van der Waals surface area contributed by atoms with Crippen LogP contribution in [-0.4, -0.2) is 36.5 Å². The molecule has 1 atom stereocenters. The molecule has 1 fully saturated rings. The largest absolute Gasteiger partial charge is 0.352 e. The third-order valence-corrected chi connectivity index (χ3v) is 3.85. The normalized spacial score (nSPS) is 19.5. The molecule has 1 amide bonds. The second-order valence-corrected chi connectivity index (χ2v) is 5.55. The van der Waals surface area contributed by atoms with Crippen molar-refractivity contribution >= 4 is 30.1 Å². The van der Waals surface area contributed by atoms with E-state index < -0.39 is 0 Å². The Morgan fingerprint density at radius 3 is 2.94 bits per heavy atom. The number of hydrogen-bond donors (Lipinski definition) is 2. The number of nitrogens with one attached hydrogen (secondary N) is 2. The summed E-state index contributed by atoms with van der Waals surface area (Å²) >= 11 is 1.89. The second kappa shape index (κ2) is 11.2. The van der Waals surface area contributed by atoms with Crippen LogP contribution in [0.15, 0.2) is 0 Å². The summed E-state index contributed by atoms with van der Waals surface area (Å²) < 4.78 is 0. The Labute approximate surface area is 115 Å². The van der Waals surface area contributed by atoms with Crippen LogP contribution < -0.4 is 10.6 Å². The van der Waals surface area contributed by atoms with E-state index in [0.29, 0.717) is 12.5 Å². The van der Waals surface area contributed by atoms with Crippen LogP contribution in [0.5, 0.6) is 0 Å². The molecule has 0 aliphatic carbocycles. The van der Waals surface area contributed by atoms with Crippen LogP contribution in [0.2, 0.25) is 0 Å². The van der Waals surface area contributed by atoms with E-state index >= 15 is 0 Å². The number of amides is 1. The van der Waals surface area contributed by atoms with Gasteiger partial charge in [0.2, 0.25) is 5.91 Å². The van der Waals surface area contributed by atoms with Crippen molar-refractivity contribution in [3.8, 4) is 0 Å². The quantitative estimate of drug-likeness (QED) is 0.703. The van der Waals surface area contributed by atoms with Gasteiger partial charge in [0.05, 0.1) is 0 Å². The Morgan fingerprint density at radius 1 is 1.47 bits per heavy atom. The molecule has 1 saturated heterocycles. The molecule has 1 aliphatic rings. The predicted octanol–water partition coefficient (Wildman–Crippen LogP) is 2.20. The van der Waals surface area contributed by atoms with Crippen LogP contribution in [0.25, 0.3) is 0 Å². The smallest absolute Gasteiger partial charge is 0.221 e. The molecule has 102 valence electrons. The maximum Gasteiger partial charge on any atom is 0.221 e. The van der Waals surface area contributed by atoms with Gasteiger partial charge in [0.1, 0.15) is 0 Å². The summed E-state index contributed by atoms with van der Waals surface area (Å²) in [5.41, 5.74) is 0. The number of piperidine rings is 1. The highest BCUT2D eigenvalue weighted by molar-refractivity contribution is 7.99. The van der Waals surface area contributed by atoms with E-state index in [1.807, 2.05) is 11.8 Å². The molecule has 1 rings (SSSR count). The fourth-order valence-corrected chi connectivity index (χ4v) is 2.81. The van der Waals surface area contributed by atoms with Crippen LogP contribution in [0.1, 0.15) is 39.0 Å². The first kappa shape index (κ1) is 17.1. The molecule has 5 heteroatoms. The molecule has 3 nitrogen and oxygen atoms in total. The Balaban J connectivity index is 0.00000256. The minimum atomic E-state index is 0. The van der Waals surface area contributed by atoms with Gasteiger partial charge < -0.3 is 10.6 Å². The molecular formula is C12H25ClN2OS. The van der Waals surface area contributed by atoms with E-state index in [0.717, 1.165) is 25.3 Å². The fraction of sp³-hybridized carbons (Fsp3) is 0.917. The summed E-state index contributed by atoms with van der Waals surface area (Å²) in [5, 5.41) is 6.40. The summed E-state index contributed by atoms with van der Waals surface area (Å²) in [6.45, 7) is 4.23. The zero-order valence-electron chi connectivity index (χ0n) is 10.7. The predicted molar refractivity (Wildman–Crippen MR) is 78.1 cm³/mol. The molecule has 17 heavy (non-hydrogen) atoms. The highest BCUT2D eigenvalue weighted by Crippen LogP contribution is 2.07. The Kier molecular flexibility index (Phi) is 11.2. The molecule has 1 aliphatic heterocycles. The summed E-state index contributed by atoms with van der Waals surface area (Å²) in [6, 6.07) is 0.363. The SMILES string of the molecule is CCCCSCCC(=O)NC1CCCNC1.Cl. The van der Waals surface area contributed by atoms with E-state index in [-0.39, 0.29) is 18.3 Å². The van der Waals surface area contributed by atoms with Crippen molar-refractivity contribution in [3.63, 3.8) is 0 Å². The molecular weight excluding hydrogens is 256 g/mol. The third kappa shape index (κ3) is 8.75. The minimum absolute atomic E-state index is 0. The fourth-order valence-electron chi connectivity index (χ4n) is 1.79. The maximum atomic E-state index is 11.6. The van der Waals surface area contributed by atoms with Crippen molar-refractivity contribution in [2.24, 2.45) is 0 Å². The number of hydrogen-bond acceptors (Lipinski definition) is 3. The number of unbranched alkanes of at least 4 members (excludes halogenated alkanes) is 1. The van der Waals surface area contributed by atoms with Crippen molar-refractivity contribution in [2.45, 2.75) is 45.1 Å². The molecule has 0 saturated carbocycles. The van der Waals surface area contributed by atoms with Gasteiger partial charge >= 0.3 is 0 Å².